The number of carbonyl (C=O) groups is 1. The Morgan fingerprint density at radius 2 is 2.12 bits per heavy atom. The fourth-order valence-corrected chi connectivity index (χ4v) is 0.950. The summed E-state index contributed by atoms with van der Waals surface area (Å²) >= 11 is 0. The van der Waals surface area contributed by atoms with Gasteiger partial charge in [0.25, 0.3) is 15.1 Å². The predicted octanol–water partition coefficient (Wildman–Crippen LogP) is -1.04. The molecule has 8 heavy (non-hydrogen) atoms. The summed E-state index contributed by atoms with van der Waals surface area (Å²) in [4.78, 5) is 10.2. The highest BCUT2D eigenvalue weighted by atomic mass is 32.2. The molecule has 1 N–H and O–H groups in total. The highest BCUT2D eigenvalue weighted by molar-refractivity contribution is 8.05. The Kier molecular flexibility index (Phi) is 0.872. The molecule has 0 atom stereocenters. The summed E-state index contributed by atoms with van der Waals surface area (Å²) in [6.07, 6.45) is 2.06. The van der Waals surface area contributed by atoms with E-state index in [2.05, 4.69) is 0 Å². The van der Waals surface area contributed by atoms with E-state index in [4.69, 9.17) is 0 Å². The number of hydrogen-bond donors (Lipinski definition) is 1. The summed E-state index contributed by atoms with van der Waals surface area (Å²) in [7, 11) is -3.62. The van der Waals surface area contributed by atoms with Gasteiger partial charge in [-0.3, -0.25) is 9.52 Å². The summed E-state index contributed by atoms with van der Waals surface area (Å²) in [5, 5.41) is -0.877. The van der Waals surface area contributed by atoms with E-state index in [1.54, 1.807) is 0 Å². The topological polar surface area (TPSA) is 63.2 Å². The minimum Gasteiger partial charge on any atom is -0.284 e. The third-order valence-corrected chi connectivity index (χ3v) is 1.82. The monoisotopic (exact) mass is 133 g/mol. The van der Waals surface area contributed by atoms with Crippen LogP contribution in [0.15, 0.2) is 12.3 Å². The maximum absolute atomic E-state index is 10.2. The van der Waals surface area contributed by atoms with Crippen LogP contribution in [0.4, 0.5) is 0 Å². The standard InChI is InChI=1S/C3H3NO3S/c5-3-1-2-4-8(3,6)7/h1-2,4H. The Balaban J connectivity index is 3.15. The molecule has 0 bridgehead atoms. The number of hydrogen-bond acceptors (Lipinski definition) is 3. The number of carbonyl (C=O) groups excluding carboxylic acids is 1. The molecule has 0 aliphatic carbocycles. The van der Waals surface area contributed by atoms with Crippen molar-refractivity contribution >= 4 is 15.1 Å². The van der Waals surface area contributed by atoms with E-state index in [0.29, 0.717) is 0 Å². The van der Waals surface area contributed by atoms with Crippen LogP contribution in [0.2, 0.25) is 0 Å². The van der Waals surface area contributed by atoms with Gasteiger partial charge in [0.05, 0.1) is 0 Å². The van der Waals surface area contributed by atoms with Gasteiger partial charge in [-0.25, -0.2) is 0 Å². The molecule has 5 heteroatoms. The molecular weight excluding hydrogens is 130 g/mol. The first-order valence-corrected chi connectivity index (χ1v) is 3.34. The highest BCUT2D eigenvalue weighted by Gasteiger charge is 2.21. The van der Waals surface area contributed by atoms with Gasteiger partial charge in [-0.2, -0.15) is 8.42 Å². The Morgan fingerprint density at radius 1 is 1.50 bits per heavy atom. The van der Waals surface area contributed by atoms with E-state index in [1.807, 2.05) is 4.72 Å². The molecule has 0 aromatic heterocycles. The molecule has 1 heterocycles. The largest absolute Gasteiger partial charge is 0.299 e. The minimum atomic E-state index is -3.62. The normalized spacial score (nSPS) is 23.2. The van der Waals surface area contributed by atoms with Crippen LogP contribution < -0.4 is 4.72 Å². The minimum absolute atomic E-state index is 0.877. The van der Waals surface area contributed by atoms with Crippen LogP contribution in [0.5, 0.6) is 0 Å². The zero-order chi connectivity index (χ0) is 6.20. The molecule has 44 valence electrons. The van der Waals surface area contributed by atoms with Crippen LogP contribution in [-0.2, 0) is 14.8 Å². The van der Waals surface area contributed by atoms with Gasteiger partial charge in [0.15, 0.2) is 0 Å². The van der Waals surface area contributed by atoms with Crippen molar-refractivity contribution < 1.29 is 13.2 Å². The van der Waals surface area contributed by atoms with Gasteiger partial charge in [0, 0.05) is 12.3 Å². The Hall–Kier alpha value is -0.840. The second-order valence-corrected chi connectivity index (χ2v) is 2.92. The molecule has 0 saturated heterocycles. The SMILES string of the molecule is O=C1C=CNS1(=O)=O. The molecule has 0 saturated carbocycles. The predicted molar refractivity (Wildman–Crippen MR) is 26.2 cm³/mol. The molecule has 0 radical (unpaired) electrons. The molecule has 1 rings (SSSR count). The van der Waals surface area contributed by atoms with Crippen molar-refractivity contribution in [2.75, 3.05) is 0 Å². The summed E-state index contributed by atoms with van der Waals surface area (Å²) < 4.78 is 22.4. The molecule has 1 aliphatic heterocycles. The third kappa shape index (κ3) is 0.604. The lowest BCUT2D eigenvalue weighted by molar-refractivity contribution is -0.107. The van der Waals surface area contributed by atoms with Crippen molar-refractivity contribution in [1.82, 2.24) is 4.72 Å². The highest BCUT2D eigenvalue weighted by Crippen LogP contribution is 1.94. The van der Waals surface area contributed by atoms with Crippen LogP contribution in [0.3, 0.4) is 0 Å². The lowest BCUT2D eigenvalue weighted by atomic mass is 10.7. The molecule has 1 aliphatic rings. The molecule has 0 unspecified atom stereocenters. The van der Waals surface area contributed by atoms with Crippen molar-refractivity contribution in [1.29, 1.82) is 0 Å². The number of nitrogens with one attached hydrogen (secondary N) is 1. The molecule has 0 aromatic carbocycles. The van der Waals surface area contributed by atoms with Crippen LogP contribution >= 0.6 is 0 Å². The van der Waals surface area contributed by atoms with E-state index in [1.165, 1.54) is 0 Å². The van der Waals surface area contributed by atoms with Gasteiger partial charge in [-0.1, -0.05) is 0 Å². The molecule has 0 fully saturated rings. The Morgan fingerprint density at radius 3 is 2.25 bits per heavy atom. The van der Waals surface area contributed by atoms with Crippen molar-refractivity contribution in [3.05, 3.63) is 12.3 Å². The van der Waals surface area contributed by atoms with Crippen molar-refractivity contribution in [3.8, 4) is 0 Å². The molecule has 4 nitrogen and oxygen atoms in total. The van der Waals surface area contributed by atoms with Crippen LogP contribution in [0, 0.1) is 0 Å². The van der Waals surface area contributed by atoms with Crippen molar-refractivity contribution in [3.63, 3.8) is 0 Å². The molecule has 0 spiro atoms. The fourth-order valence-electron chi connectivity index (χ4n) is 0.339. The maximum atomic E-state index is 10.2. The summed E-state index contributed by atoms with van der Waals surface area (Å²) in [6, 6.07) is 0. The van der Waals surface area contributed by atoms with E-state index in [-0.39, 0.29) is 0 Å². The maximum Gasteiger partial charge on any atom is 0.299 e. The average Bonchev–Trinajstić information content (AvgIpc) is 1.86. The number of sulfonamides is 1. The van der Waals surface area contributed by atoms with Crippen LogP contribution in [0.1, 0.15) is 0 Å². The van der Waals surface area contributed by atoms with Crippen LogP contribution in [-0.4, -0.2) is 13.5 Å². The molecule has 0 amide bonds. The molecule has 0 aromatic rings. The van der Waals surface area contributed by atoms with Gasteiger partial charge < -0.3 is 0 Å². The van der Waals surface area contributed by atoms with Gasteiger partial charge in [0.1, 0.15) is 0 Å². The zero-order valence-corrected chi connectivity index (χ0v) is 4.60. The number of rotatable bonds is 0. The van der Waals surface area contributed by atoms with E-state index in [0.717, 1.165) is 12.3 Å². The first kappa shape index (κ1) is 5.30. The summed E-state index contributed by atoms with van der Waals surface area (Å²) in [5.74, 6) is 0. The van der Waals surface area contributed by atoms with Crippen molar-refractivity contribution in [2.45, 2.75) is 0 Å². The smallest absolute Gasteiger partial charge is 0.284 e. The van der Waals surface area contributed by atoms with Crippen LogP contribution in [0.25, 0.3) is 0 Å². The third-order valence-electron chi connectivity index (χ3n) is 0.707. The Labute approximate surface area is 46.2 Å². The van der Waals surface area contributed by atoms with Gasteiger partial charge >= 0.3 is 0 Å². The Bertz CT molecular complexity index is 237. The molecular formula is C3H3NO3S. The lowest BCUT2D eigenvalue weighted by Crippen LogP contribution is -2.18. The first-order chi connectivity index (χ1) is 3.63. The van der Waals surface area contributed by atoms with E-state index in [9.17, 15) is 13.2 Å². The van der Waals surface area contributed by atoms with E-state index >= 15 is 0 Å². The second-order valence-electron chi connectivity index (χ2n) is 1.27. The quantitative estimate of drug-likeness (QED) is 0.459. The average molecular weight is 133 g/mol. The fraction of sp³-hybridized carbons (Fsp3) is 0. The van der Waals surface area contributed by atoms with E-state index < -0.39 is 15.1 Å². The zero-order valence-electron chi connectivity index (χ0n) is 3.79. The second kappa shape index (κ2) is 1.32. The van der Waals surface area contributed by atoms with Crippen molar-refractivity contribution in [2.24, 2.45) is 0 Å². The summed E-state index contributed by atoms with van der Waals surface area (Å²) in [5.41, 5.74) is 0. The van der Waals surface area contributed by atoms with Gasteiger partial charge in [-0.15, -0.1) is 0 Å². The summed E-state index contributed by atoms with van der Waals surface area (Å²) in [6.45, 7) is 0. The first-order valence-electron chi connectivity index (χ1n) is 1.86. The lowest BCUT2D eigenvalue weighted by Gasteiger charge is -1.85. The van der Waals surface area contributed by atoms with Gasteiger partial charge in [0.2, 0.25) is 0 Å². The van der Waals surface area contributed by atoms with Gasteiger partial charge in [-0.05, 0) is 0 Å².